The number of nitrogens with one attached hydrogen (secondary N) is 1. The molecule has 0 fully saturated rings. The van der Waals surface area contributed by atoms with E-state index < -0.39 is 0 Å². The molecule has 142 valence electrons. The van der Waals surface area contributed by atoms with Crippen LogP contribution in [0.4, 0.5) is 0 Å². The van der Waals surface area contributed by atoms with Gasteiger partial charge in [0.05, 0.1) is 34.0 Å². The van der Waals surface area contributed by atoms with E-state index in [0.29, 0.717) is 29.4 Å². The summed E-state index contributed by atoms with van der Waals surface area (Å²) in [7, 11) is 0. The Morgan fingerprint density at radius 2 is 2.07 bits per heavy atom. The van der Waals surface area contributed by atoms with Crippen LogP contribution < -0.4 is 5.32 Å². The van der Waals surface area contributed by atoms with Crippen LogP contribution in [0.3, 0.4) is 0 Å². The van der Waals surface area contributed by atoms with Crippen LogP contribution in [-0.4, -0.2) is 25.5 Å². The Morgan fingerprint density at radius 3 is 2.70 bits per heavy atom. The van der Waals surface area contributed by atoms with Crippen molar-refractivity contribution in [3.05, 3.63) is 68.2 Å². The van der Waals surface area contributed by atoms with E-state index in [-0.39, 0.29) is 5.91 Å². The van der Waals surface area contributed by atoms with E-state index in [9.17, 15) is 4.79 Å². The Labute approximate surface area is 171 Å². The Kier molecular flexibility index (Phi) is 6.01. The van der Waals surface area contributed by atoms with Crippen molar-refractivity contribution in [1.29, 1.82) is 0 Å². The van der Waals surface area contributed by atoms with E-state index in [4.69, 9.17) is 11.6 Å². The lowest BCUT2D eigenvalue weighted by atomic mass is 10.1. The minimum Gasteiger partial charge on any atom is -0.346 e. The zero-order valence-electron chi connectivity index (χ0n) is 15.5. The van der Waals surface area contributed by atoms with Crippen LogP contribution in [0.5, 0.6) is 0 Å². The number of benzene rings is 1. The van der Waals surface area contributed by atoms with Gasteiger partial charge in [0.15, 0.2) is 0 Å². The number of carbonyl (C=O) groups is 1. The summed E-state index contributed by atoms with van der Waals surface area (Å²) in [6.07, 6.45) is 1.76. The Hall–Kier alpha value is -2.12. The van der Waals surface area contributed by atoms with Crippen LogP contribution in [0.15, 0.2) is 34.9 Å². The molecule has 1 aromatic carbocycles. The molecule has 2 aromatic heterocycles. The van der Waals surface area contributed by atoms with Crippen LogP contribution in [0.25, 0.3) is 0 Å². The molecule has 3 rings (SSSR count). The summed E-state index contributed by atoms with van der Waals surface area (Å²) in [6.45, 7) is 7.59. The van der Waals surface area contributed by atoms with Crippen molar-refractivity contribution in [1.82, 2.24) is 24.9 Å². The maximum absolute atomic E-state index is 12.5. The van der Waals surface area contributed by atoms with Crippen molar-refractivity contribution in [2.24, 2.45) is 0 Å². The van der Waals surface area contributed by atoms with E-state index in [1.165, 1.54) is 0 Å². The SMILES string of the molecule is CCn1cc(Cl)c(CNC(=O)c2cccc(Cn3nc(C)c(Br)c3C)c2)n1. The van der Waals surface area contributed by atoms with Gasteiger partial charge in [0.25, 0.3) is 5.91 Å². The van der Waals surface area contributed by atoms with Crippen LogP contribution in [0, 0.1) is 13.8 Å². The van der Waals surface area contributed by atoms with Gasteiger partial charge in [-0.2, -0.15) is 10.2 Å². The Balaban J connectivity index is 1.69. The number of carbonyl (C=O) groups excluding carboxylic acids is 1. The van der Waals surface area contributed by atoms with Crippen molar-refractivity contribution < 1.29 is 4.79 Å². The third kappa shape index (κ3) is 4.42. The molecule has 0 atom stereocenters. The molecular formula is C19H21BrClN5O. The zero-order chi connectivity index (χ0) is 19.6. The van der Waals surface area contributed by atoms with Gasteiger partial charge < -0.3 is 5.32 Å². The van der Waals surface area contributed by atoms with E-state index >= 15 is 0 Å². The number of aryl methyl sites for hydroxylation is 2. The number of halogens is 2. The van der Waals surface area contributed by atoms with Gasteiger partial charge >= 0.3 is 0 Å². The lowest BCUT2D eigenvalue weighted by Gasteiger charge is -2.08. The van der Waals surface area contributed by atoms with Crippen molar-refractivity contribution >= 4 is 33.4 Å². The van der Waals surface area contributed by atoms with Crippen LogP contribution >= 0.6 is 27.5 Å². The number of hydrogen-bond acceptors (Lipinski definition) is 3. The highest BCUT2D eigenvalue weighted by atomic mass is 79.9. The quantitative estimate of drug-likeness (QED) is 0.614. The summed E-state index contributed by atoms with van der Waals surface area (Å²) in [6, 6.07) is 7.54. The summed E-state index contributed by atoms with van der Waals surface area (Å²) in [5.74, 6) is -0.159. The molecule has 8 heteroatoms. The topological polar surface area (TPSA) is 64.7 Å². The van der Waals surface area contributed by atoms with Crippen molar-refractivity contribution in [2.45, 2.75) is 40.4 Å². The number of rotatable bonds is 6. The monoisotopic (exact) mass is 449 g/mol. The smallest absolute Gasteiger partial charge is 0.251 e. The molecule has 0 aliphatic heterocycles. The zero-order valence-corrected chi connectivity index (χ0v) is 17.8. The predicted molar refractivity (Wildman–Crippen MR) is 109 cm³/mol. The molecule has 0 aliphatic carbocycles. The molecule has 6 nitrogen and oxygen atoms in total. The average Bonchev–Trinajstić information content (AvgIpc) is 3.14. The standard InChI is InChI=1S/C19H21BrClN5O/c1-4-25-11-16(21)17(24-25)9-22-19(27)15-7-5-6-14(8-15)10-26-13(3)18(20)12(2)23-26/h5-8,11H,4,9-10H2,1-3H3,(H,22,27). The minimum atomic E-state index is -0.159. The molecule has 0 saturated heterocycles. The van der Waals surface area contributed by atoms with Crippen molar-refractivity contribution in [2.75, 3.05) is 0 Å². The lowest BCUT2D eigenvalue weighted by Crippen LogP contribution is -2.23. The van der Waals surface area contributed by atoms with Gasteiger partial charge in [0.2, 0.25) is 0 Å². The first-order valence-electron chi connectivity index (χ1n) is 8.67. The van der Waals surface area contributed by atoms with Crippen LogP contribution in [0.2, 0.25) is 5.02 Å². The summed E-state index contributed by atoms with van der Waals surface area (Å²) < 4.78 is 4.68. The second-order valence-corrected chi connectivity index (χ2v) is 7.51. The number of nitrogens with zero attached hydrogens (tertiary/aromatic N) is 4. The molecular weight excluding hydrogens is 430 g/mol. The molecule has 2 heterocycles. The third-order valence-corrected chi connectivity index (χ3v) is 5.81. The molecule has 0 aliphatic rings. The van der Waals surface area contributed by atoms with E-state index in [0.717, 1.165) is 28.0 Å². The lowest BCUT2D eigenvalue weighted by molar-refractivity contribution is 0.0950. The van der Waals surface area contributed by atoms with Crippen LogP contribution in [-0.2, 0) is 19.6 Å². The third-order valence-electron chi connectivity index (χ3n) is 4.34. The van der Waals surface area contributed by atoms with E-state index in [1.54, 1.807) is 16.9 Å². The second-order valence-electron chi connectivity index (χ2n) is 6.30. The molecule has 0 radical (unpaired) electrons. The Morgan fingerprint density at radius 1 is 1.30 bits per heavy atom. The predicted octanol–water partition coefficient (Wildman–Crippen LogP) is 4.11. The van der Waals surface area contributed by atoms with Gasteiger partial charge in [0, 0.05) is 18.3 Å². The first-order valence-corrected chi connectivity index (χ1v) is 9.84. The maximum Gasteiger partial charge on any atom is 0.251 e. The number of hydrogen-bond donors (Lipinski definition) is 1. The van der Waals surface area contributed by atoms with Crippen LogP contribution in [0.1, 0.15) is 39.9 Å². The van der Waals surface area contributed by atoms with Gasteiger partial charge in [-0.25, -0.2) is 0 Å². The fraction of sp³-hybridized carbons (Fsp3) is 0.316. The minimum absolute atomic E-state index is 0.159. The fourth-order valence-corrected chi connectivity index (χ4v) is 3.30. The highest BCUT2D eigenvalue weighted by Crippen LogP contribution is 2.21. The summed E-state index contributed by atoms with van der Waals surface area (Å²) >= 11 is 9.69. The molecule has 0 saturated carbocycles. The van der Waals surface area contributed by atoms with E-state index in [2.05, 4.69) is 31.4 Å². The number of aromatic nitrogens is 4. The van der Waals surface area contributed by atoms with Gasteiger partial charge in [-0.05, 0) is 54.4 Å². The molecule has 27 heavy (non-hydrogen) atoms. The molecule has 1 amide bonds. The largest absolute Gasteiger partial charge is 0.346 e. The Bertz CT molecular complexity index is 979. The molecule has 1 N–H and O–H groups in total. The molecule has 0 bridgehead atoms. The molecule has 0 spiro atoms. The van der Waals surface area contributed by atoms with E-state index in [1.807, 2.05) is 43.7 Å². The summed E-state index contributed by atoms with van der Waals surface area (Å²) in [5.41, 5.74) is 4.27. The fourth-order valence-electron chi connectivity index (χ4n) is 2.80. The van der Waals surface area contributed by atoms with Gasteiger partial charge in [-0.15, -0.1) is 0 Å². The highest BCUT2D eigenvalue weighted by molar-refractivity contribution is 9.10. The summed E-state index contributed by atoms with van der Waals surface area (Å²) in [5, 5.41) is 12.3. The highest BCUT2D eigenvalue weighted by Gasteiger charge is 2.12. The van der Waals surface area contributed by atoms with Gasteiger partial charge in [-0.1, -0.05) is 23.7 Å². The molecule has 3 aromatic rings. The van der Waals surface area contributed by atoms with Gasteiger partial charge in [0.1, 0.15) is 5.69 Å². The average molecular weight is 451 g/mol. The first-order chi connectivity index (χ1) is 12.9. The second kappa shape index (κ2) is 8.27. The summed E-state index contributed by atoms with van der Waals surface area (Å²) in [4.78, 5) is 12.5. The maximum atomic E-state index is 12.5. The normalized spacial score (nSPS) is 11.0. The van der Waals surface area contributed by atoms with Gasteiger partial charge in [-0.3, -0.25) is 14.2 Å². The van der Waals surface area contributed by atoms with Crippen molar-refractivity contribution in [3.63, 3.8) is 0 Å². The molecule has 0 unspecified atom stereocenters. The van der Waals surface area contributed by atoms with Crippen molar-refractivity contribution in [3.8, 4) is 0 Å². The number of amides is 1. The first kappa shape index (κ1) is 19.6.